The van der Waals surface area contributed by atoms with Crippen LogP contribution in [0.3, 0.4) is 0 Å². The minimum Gasteiger partial charge on any atom is -0.478 e. The summed E-state index contributed by atoms with van der Waals surface area (Å²) in [6.07, 6.45) is 0. The first kappa shape index (κ1) is 12.4. The monoisotopic (exact) mass is 241 g/mol. The van der Waals surface area contributed by atoms with Crippen molar-refractivity contribution in [3.05, 3.63) is 23.8 Å². The van der Waals surface area contributed by atoms with Gasteiger partial charge >= 0.3 is 11.9 Å². The summed E-state index contributed by atoms with van der Waals surface area (Å²) in [5.41, 5.74) is 5.87. The third kappa shape index (κ3) is 2.90. The number of benzene rings is 1. The minimum absolute atomic E-state index is 0.0369. The van der Waals surface area contributed by atoms with Gasteiger partial charge in [0.2, 0.25) is 0 Å². The summed E-state index contributed by atoms with van der Waals surface area (Å²) >= 11 is 1.15. The molecule has 1 rings (SSSR count). The lowest BCUT2D eigenvalue weighted by atomic mass is 10.2. The number of hydrogen-bond acceptors (Lipinski definition) is 5. The van der Waals surface area contributed by atoms with E-state index >= 15 is 0 Å². The molecule has 0 radical (unpaired) electrons. The molecule has 86 valence electrons. The van der Waals surface area contributed by atoms with Gasteiger partial charge in [-0.3, -0.25) is 4.79 Å². The molecule has 0 fully saturated rings. The molecule has 0 aromatic heterocycles. The molecule has 0 atom stereocenters. The largest absolute Gasteiger partial charge is 0.478 e. The van der Waals surface area contributed by atoms with Crippen molar-refractivity contribution in [1.29, 1.82) is 0 Å². The number of thioether (sulfide) groups is 1. The van der Waals surface area contributed by atoms with Crippen LogP contribution in [0.4, 0.5) is 5.69 Å². The summed E-state index contributed by atoms with van der Waals surface area (Å²) in [6.45, 7) is 0. The molecule has 16 heavy (non-hydrogen) atoms. The van der Waals surface area contributed by atoms with Crippen molar-refractivity contribution in [1.82, 2.24) is 0 Å². The van der Waals surface area contributed by atoms with Crippen molar-refractivity contribution >= 4 is 29.4 Å². The van der Waals surface area contributed by atoms with Crippen molar-refractivity contribution in [3.8, 4) is 0 Å². The average molecular weight is 241 g/mol. The highest BCUT2D eigenvalue weighted by atomic mass is 32.2. The van der Waals surface area contributed by atoms with Gasteiger partial charge in [-0.1, -0.05) is 6.07 Å². The van der Waals surface area contributed by atoms with E-state index in [1.54, 1.807) is 12.1 Å². The zero-order valence-electron chi connectivity index (χ0n) is 8.60. The van der Waals surface area contributed by atoms with E-state index in [1.807, 2.05) is 0 Å². The predicted octanol–water partition coefficient (Wildman–Crippen LogP) is 1.23. The standard InChI is InChI=1S/C10H11NO4S/c1-15-8(12)5-16-7-4-2-3-6(9(7)11)10(13)14/h2-4H,5,11H2,1H3,(H,13,14). The molecule has 3 N–H and O–H groups in total. The SMILES string of the molecule is COC(=O)CSc1cccc(C(=O)O)c1N. The fourth-order valence-electron chi connectivity index (χ4n) is 1.05. The van der Waals surface area contributed by atoms with Crippen LogP contribution >= 0.6 is 11.8 Å². The number of nitrogens with two attached hydrogens (primary N) is 1. The van der Waals surface area contributed by atoms with E-state index in [2.05, 4.69) is 4.74 Å². The maximum absolute atomic E-state index is 10.9. The summed E-state index contributed by atoms with van der Waals surface area (Å²) in [5, 5.41) is 8.83. The van der Waals surface area contributed by atoms with Gasteiger partial charge in [0.25, 0.3) is 0 Å². The zero-order valence-corrected chi connectivity index (χ0v) is 9.41. The molecule has 1 aromatic carbocycles. The summed E-state index contributed by atoms with van der Waals surface area (Å²) in [7, 11) is 1.29. The highest BCUT2D eigenvalue weighted by Gasteiger charge is 2.12. The Morgan fingerprint density at radius 3 is 2.75 bits per heavy atom. The third-order valence-corrected chi connectivity index (χ3v) is 2.92. The molecule has 0 saturated heterocycles. The van der Waals surface area contributed by atoms with E-state index in [4.69, 9.17) is 10.8 Å². The number of carboxylic acid groups (broad SMARTS) is 1. The smallest absolute Gasteiger partial charge is 0.337 e. The van der Waals surface area contributed by atoms with Crippen LogP contribution in [0.1, 0.15) is 10.4 Å². The Bertz CT molecular complexity index is 419. The van der Waals surface area contributed by atoms with Crippen molar-refractivity contribution in [3.63, 3.8) is 0 Å². The minimum atomic E-state index is -1.09. The van der Waals surface area contributed by atoms with Crippen molar-refractivity contribution in [2.45, 2.75) is 4.90 Å². The highest BCUT2D eigenvalue weighted by molar-refractivity contribution is 8.00. The molecule has 0 bridgehead atoms. The fraction of sp³-hybridized carbons (Fsp3) is 0.200. The van der Waals surface area contributed by atoms with Gasteiger partial charge in [0, 0.05) is 4.90 Å². The molecule has 0 aliphatic heterocycles. The number of ether oxygens (including phenoxy) is 1. The number of esters is 1. The Labute approximate surface area is 96.6 Å². The van der Waals surface area contributed by atoms with Gasteiger partial charge in [0.15, 0.2) is 0 Å². The highest BCUT2D eigenvalue weighted by Crippen LogP contribution is 2.27. The number of carbonyl (C=O) groups excluding carboxylic acids is 1. The van der Waals surface area contributed by atoms with Crippen molar-refractivity contribution in [2.24, 2.45) is 0 Å². The lowest BCUT2D eigenvalue weighted by Crippen LogP contribution is -2.06. The van der Waals surface area contributed by atoms with Gasteiger partial charge in [-0.05, 0) is 12.1 Å². The Kier molecular flexibility index (Phi) is 4.19. The van der Waals surface area contributed by atoms with Crippen LogP contribution in [0.15, 0.2) is 23.1 Å². The number of carbonyl (C=O) groups is 2. The molecule has 5 nitrogen and oxygen atoms in total. The first-order chi connectivity index (χ1) is 7.56. The summed E-state index contributed by atoms with van der Waals surface area (Å²) in [4.78, 5) is 22.3. The number of carboxylic acids is 1. The number of para-hydroxylation sites is 1. The number of aromatic carboxylic acids is 1. The lowest BCUT2D eigenvalue weighted by Gasteiger charge is -2.06. The maximum atomic E-state index is 10.9. The number of nitrogen functional groups attached to an aromatic ring is 1. The molecule has 1 aromatic rings. The number of methoxy groups -OCH3 is 1. The summed E-state index contributed by atoms with van der Waals surface area (Å²) in [6, 6.07) is 4.66. The van der Waals surface area contributed by atoms with E-state index in [9.17, 15) is 9.59 Å². The van der Waals surface area contributed by atoms with Crippen molar-refractivity contribution < 1.29 is 19.4 Å². The second kappa shape index (κ2) is 5.41. The molecule has 0 heterocycles. The Morgan fingerprint density at radius 1 is 1.50 bits per heavy atom. The molecule has 6 heteroatoms. The number of hydrogen-bond donors (Lipinski definition) is 2. The third-order valence-electron chi connectivity index (χ3n) is 1.87. The van der Waals surface area contributed by atoms with Crippen LogP contribution in [-0.2, 0) is 9.53 Å². The van der Waals surface area contributed by atoms with Crippen LogP contribution < -0.4 is 5.73 Å². The Morgan fingerprint density at radius 2 is 2.19 bits per heavy atom. The van der Waals surface area contributed by atoms with Gasteiger partial charge in [-0.25, -0.2) is 4.79 Å². The van der Waals surface area contributed by atoms with E-state index < -0.39 is 5.97 Å². The molecule has 0 spiro atoms. The Balaban J connectivity index is 2.85. The molecule has 0 unspecified atom stereocenters. The van der Waals surface area contributed by atoms with Gasteiger partial charge in [-0.2, -0.15) is 0 Å². The van der Waals surface area contributed by atoms with E-state index in [0.29, 0.717) is 4.90 Å². The summed E-state index contributed by atoms with van der Waals surface area (Å²) in [5.74, 6) is -1.37. The summed E-state index contributed by atoms with van der Waals surface area (Å²) < 4.78 is 4.47. The van der Waals surface area contributed by atoms with E-state index in [1.165, 1.54) is 13.2 Å². The topological polar surface area (TPSA) is 89.6 Å². The first-order valence-electron chi connectivity index (χ1n) is 4.37. The fourth-order valence-corrected chi connectivity index (χ4v) is 1.88. The van der Waals surface area contributed by atoms with Gasteiger partial charge in [0.1, 0.15) is 0 Å². The molecule has 0 aliphatic rings. The molecule has 0 saturated carbocycles. The van der Waals surface area contributed by atoms with Gasteiger partial charge in [-0.15, -0.1) is 11.8 Å². The van der Waals surface area contributed by atoms with Crippen LogP contribution in [0.5, 0.6) is 0 Å². The van der Waals surface area contributed by atoms with Crippen LogP contribution in [-0.4, -0.2) is 29.9 Å². The molecule has 0 amide bonds. The quantitative estimate of drug-likeness (QED) is 0.468. The maximum Gasteiger partial charge on any atom is 0.337 e. The van der Waals surface area contributed by atoms with Crippen molar-refractivity contribution in [2.75, 3.05) is 18.6 Å². The molecular weight excluding hydrogens is 230 g/mol. The van der Waals surface area contributed by atoms with Crippen LogP contribution in [0, 0.1) is 0 Å². The second-order valence-corrected chi connectivity index (χ2v) is 3.90. The van der Waals surface area contributed by atoms with Crippen LogP contribution in [0.2, 0.25) is 0 Å². The molecule has 0 aliphatic carbocycles. The van der Waals surface area contributed by atoms with E-state index in [0.717, 1.165) is 11.8 Å². The predicted molar refractivity (Wildman–Crippen MR) is 60.6 cm³/mol. The van der Waals surface area contributed by atoms with E-state index in [-0.39, 0.29) is 23.0 Å². The Hall–Kier alpha value is -1.69. The average Bonchev–Trinajstić information content (AvgIpc) is 2.26. The first-order valence-corrected chi connectivity index (χ1v) is 5.36. The number of anilines is 1. The lowest BCUT2D eigenvalue weighted by molar-refractivity contribution is -0.137. The normalized spacial score (nSPS) is 9.81. The van der Waals surface area contributed by atoms with Gasteiger partial charge < -0.3 is 15.6 Å². The second-order valence-electron chi connectivity index (χ2n) is 2.89. The molecular formula is C10H11NO4S. The van der Waals surface area contributed by atoms with Crippen LogP contribution in [0.25, 0.3) is 0 Å². The zero-order chi connectivity index (χ0) is 12.1. The van der Waals surface area contributed by atoms with Gasteiger partial charge in [0.05, 0.1) is 24.1 Å². The number of rotatable bonds is 4.